The molecule has 0 unspecified atom stereocenters. The second-order valence-corrected chi connectivity index (χ2v) is 6.79. The SMILES string of the molecule is O=S(=O)(c1cccnc1)N1CCCN(CCCl)CC1. The number of aromatic nitrogens is 1. The fraction of sp³-hybridized carbons (Fsp3) is 0.583. The highest BCUT2D eigenvalue weighted by Crippen LogP contribution is 2.16. The Labute approximate surface area is 119 Å². The van der Waals surface area contributed by atoms with Crippen molar-refractivity contribution >= 4 is 21.6 Å². The first-order chi connectivity index (χ1) is 9.14. The number of rotatable bonds is 4. The van der Waals surface area contributed by atoms with Gasteiger partial charge >= 0.3 is 0 Å². The van der Waals surface area contributed by atoms with E-state index in [0.29, 0.717) is 19.0 Å². The molecule has 0 radical (unpaired) electrons. The van der Waals surface area contributed by atoms with E-state index in [-0.39, 0.29) is 4.90 Å². The van der Waals surface area contributed by atoms with Gasteiger partial charge in [0.05, 0.1) is 0 Å². The Morgan fingerprint density at radius 3 is 2.79 bits per heavy atom. The van der Waals surface area contributed by atoms with Gasteiger partial charge in [0.2, 0.25) is 10.0 Å². The zero-order valence-corrected chi connectivity index (χ0v) is 12.3. The minimum atomic E-state index is -3.41. The van der Waals surface area contributed by atoms with Crippen molar-refractivity contribution in [2.24, 2.45) is 0 Å². The van der Waals surface area contributed by atoms with E-state index in [4.69, 9.17) is 11.6 Å². The molecule has 1 aromatic rings. The Morgan fingerprint density at radius 2 is 2.11 bits per heavy atom. The molecule has 2 rings (SSSR count). The molecule has 1 saturated heterocycles. The lowest BCUT2D eigenvalue weighted by atomic mass is 10.4. The van der Waals surface area contributed by atoms with E-state index in [1.54, 1.807) is 18.3 Å². The number of halogens is 1. The molecule has 5 nitrogen and oxygen atoms in total. The van der Waals surface area contributed by atoms with E-state index in [2.05, 4.69) is 9.88 Å². The summed E-state index contributed by atoms with van der Waals surface area (Å²) in [6.07, 6.45) is 3.80. The molecule has 0 amide bonds. The largest absolute Gasteiger partial charge is 0.301 e. The number of pyridine rings is 1. The van der Waals surface area contributed by atoms with Gasteiger partial charge < -0.3 is 4.90 Å². The van der Waals surface area contributed by atoms with E-state index in [0.717, 1.165) is 26.1 Å². The Hall–Kier alpha value is -0.690. The van der Waals surface area contributed by atoms with Gasteiger partial charge in [-0.2, -0.15) is 4.31 Å². The van der Waals surface area contributed by atoms with Crippen molar-refractivity contribution in [3.05, 3.63) is 24.5 Å². The summed E-state index contributed by atoms with van der Waals surface area (Å²) in [5, 5.41) is 0. The molecule has 0 atom stereocenters. The summed E-state index contributed by atoms with van der Waals surface area (Å²) in [4.78, 5) is 6.34. The van der Waals surface area contributed by atoms with Crippen molar-refractivity contribution < 1.29 is 8.42 Å². The summed E-state index contributed by atoms with van der Waals surface area (Å²) in [6.45, 7) is 3.49. The summed E-state index contributed by atoms with van der Waals surface area (Å²) < 4.78 is 26.4. The third kappa shape index (κ3) is 3.66. The first-order valence-corrected chi connectivity index (χ1v) is 8.30. The van der Waals surface area contributed by atoms with Gasteiger partial charge in [-0.3, -0.25) is 4.98 Å². The molecule has 7 heteroatoms. The van der Waals surface area contributed by atoms with Crippen LogP contribution in [0.2, 0.25) is 0 Å². The lowest BCUT2D eigenvalue weighted by Gasteiger charge is -2.20. The zero-order chi connectivity index (χ0) is 13.7. The lowest BCUT2D eigenvalue weighted by molar-refractivity contribution is 0.303. The first-order valence-electron chi connectivity index (χ1n) is 6.33. The van der Waals surface area contributed by atoms with Crippen molar-refractivity contribution in [2.45, 2.75) is 11.3 Å². The molecule has 1 fully saturated rings. The summed E-state index contributed by atoms with van der Waals surface area (Å²) >= 11 is 5.73. The molecule has 0 N–H and O–H groups in total. The fourth-order valence-corrected chi connectivity index (χ4v) is 3.85. The summed E-state index contributed by atoms with van der Waals surface area (Å²) in [6, 6.07) is 3.23. The molecule has 1 aliphatic heterocycles. The summed E-state index contributed by atoms with van der Waals surface area (Å²) in [5.74, 6) is 0.579. The molecule has 1 aromatic heterocycles. The smallest absolute Gasteiger partial charge is 0.244 e. The second-order valence-electron chi connectivity index (χ2n) is 4.48. The predicted octanol–water partition coefficient (Wildman–Crippen LogP) is 1.02. The van der Waals surface area contributed by atoms with Crippen LogP contribution in [0.3, 0.4) is 0 Å². The summed E-state index contributed by atoms with van der Waals surface area (Å²) in [7, 11) is -3.41. The monoisotopic (exact) mass is 303 g/mol. The highest BCUT2D eigenvalue weighted by molar-refractivity contribution is 7.89. The standard InChI is InChI=1S/C12H18ClN3O2S/c13-4-8-15-6-2-7-16(10-9-15)19(17,18)12-3-1-5-14-11-12/h1,3,5,11H,2,4,6-10H2. The Balaban J connectivity index is 2.10. The van der Waals surface area contributed by atoms with Crippen LogP contribution in [0.4, 0.5) is 0 Å². The summed E-state index contributed by atoms with van der Waals surface area (Å²) in [5.41, 5.74) is 0. The molecular formula is C12H18ClN3O2S. The van der Waals surface area contributed by atoms with Crippen LogP contribution in [0.5, 0.6) is 0 Å². The van der Waals surface area contributed by atoms with Crippen LogP contribution >= 0.6 is 11.6 Å². The van der Waals surface area contributed by atoms with Crippen molar-refractivity contribution in [3.8, 4) is 0 Å². The molecule has 106 valence electrons. The maximum absolute atomic E-state index is 12.4. The lowest BCUT2D eigenvalue weighted by Crippen LogP contribution is -2.35. The number of hydrogen-bond donors (Lipinski definition) is 0. The van der Waals surface area contributed by atoms with Crippen LogP contribution in [0, 0.1) is 0 Å². The van der Waals surface area contributed by atoms with Crippen LogP contribution in [0.1, 0.15) is 6.42 Å². The Morgan fingerprint density at radius 1 is 1.26 bits per heavy atom. The quantitative estimate of drug-likeness (QED) is 0.779. The molecule has 0 saturated carbocycles. The molecule has 0 spiro atoms. The maximum atomic E-state index is 12.4. The Kier molecular flexibility index (Phi) is 5.15. The fourth-order valence-electron chi connectivity index (χ4n) is 2.18. The van der Waals surface area contributed by atoms with Gasteiger partial charge in [-0.1, -0.05) is 0 Å². The van der Waals surface area contributed by atoms with Crippen LogP contribution in [-0.4, -0.2) is 61.2 Å². The highest BCUT2D eigenvalue weighted by atomic mass is 35.5. The molecule has 2 heterocycles. The highest BCUT2D eigenvalue weighted by Gasteiger charge is 2.26. The number of sulfonamides is 1. The van der Waals surface area contributed by atoms with Crippen molar-refractivity contribution in [1.29, 1.82) is 0 Å². The van der Waals surface area contributed by atoms with Crippen molar-refractivity contribution in [2.75, 3.05) is 38.6 Å². The third-order valence-corrected chi connectivity index (χ3v) is 5.27. The molecule has 0 bridgehead atoms. The zero-order valence-electron chi connectivity index (χ0n) is 10.7. The van der Waals surface area contributed by atoms with E-state index < -0.39 is 10.0 Å². The van der Waals surface area contributed by atoms with Crippen LogP contribution in [0.15, 0.2) is 29.4 Å². The van der Waals surface area contributed by atoms with Gasteiger partial charge in [0, 0.05) is 44.5 Å². The van der Waals surface area contributed by atoms with Gasteiger partial charge in [-0.25, -0.2) is 8.42 Å². The minimum Gasteiger partial charge on any atom is -0.301 e. The van der Waals surface area contributed by atoms with Crippen molar-refractivity contribution in [3.63, 3.8) is 0 Å². The third-order valence-electron chi connectivity index (χ3n) is 3.22. The van der Waals surface area contributed by atoms with Gasteiger partial charge in [0.1, 0.15) is 4.90 Å². The van der Waals surface area contributed by atoms with Gasteiger partial charge in [-0.15, -0.1) is 11.6 Å². The Bertz CT molecular complexity index is 495. The van der Waals surface area contributed by atoms with Crippen LogP contribution in [-0.2, 0) is 10.0 Å². The topological polar surface area (TPSA) is 53.5 Å². The second kappa shape index (κ2) is 6.65. The molecule has 0 aromatic carbocycles. The maximum Gasteiger partial charge on any atom is 0.244 e. The van der Waals surface area contributed by atoms with E-state index in [1.807, 2.05) is 0 Å². The van der Waals surface area contributed by atoms with E-state index >= 15 is 0 Å². The number of nitrogens with zero attached hydrogens (tertiary/aromatic N) is 3. The molecule has 1 aliphatic rings. The molecular weight excluding hydrogens is 286 g/mol. The average Bonchev–Trinajstić information content (AvgIpc) is 2.66. The van der Waals surface area contributed by atoms with Gasteiger partial charge in [-0.05, 0) is 25.1 Å². The van der Waals surface area contributed by atoms with Crippen LogP contribution < -0.4 is 0 Å². The minimum absolute atomic E-state index is 0.265. The average molecular weight is 304 g/mol. The number of alkyl halides is 1. The van der Waals surface area contributed by atoms with E-state index in [9.17, 15) is 8.42 Å². The van der Waals surface area contributed by atoms with Crippen molar-refractivity contribution in [1.82, 2.24) is 14.2 Å². The van der Waals surface area contributed by atoms with E-state index in [1.165, 1.54) is 10.5 Å². The van der Waals surface area contributed by atoms with Crippen LogP contribution in [0.25, 0.3) is 0 Å². The van der Waals surface area contributed by atoms with Gasteiger partial charge in [0.25, 0.3) is 0 Å². The van der Waals surface area contributed by atoms with Gasteiger partial charge in [0.15, 0.2) is 0 Å². The predicted molar refractivity (Wildman–Crippen MR) is 74.8 cm³/mol. The first kappa shape index (κ1) is 14.7. The number of hydrogen-bond acceptors (Lipinski definition) is 4. The normalized spacial score (nSPS) is 19.2. The molecule has 19 heavy (non-hydrogen) atoms. The molecule has 0 aliphatic carbocycles.